The fourth-order valence-electron chi connectivity index (χ4n) is 3.91. The third-order valence-corrected chi connectivity index (χ3v) is 7.79. The van der Waals surface area contributed by atoms with E-state index in [0.29, 0.717) is 38.3 Å². The van der Waals surface area contributed by atoms with Crippen LogP contribution in [0.15, 0.2) is 77.7 Å². The van der Waals surface area contributed by atoms with E-state index < -0.39 is 21.8 Å². The summed E-state index contributed by atoms with van der Waals surface area (Å²) < 4.78 is 58.9. The van der Waals surface area contributed by atoms with Gasteiger partial charge in [0, 0.05) is 19.6 Å². The van der Waals surface area contributed by atoms with Crippen molar-refractivity contribution < 1.29 is 26.7 Å². The Balaban J connectivity index is 1.28. The fraction of sp³-hybridized carbons (Fsp3) is 0.269. The highest BCUT2D eigenvalue weighted by atomic mass is 32.2. The molecule has 184 valence electrons. The highest BCUT2D eigenvalue weighted by molar-refractivity contribution is 7.89. The Morgan fingerprint density at radius 2 is 1.51 bits per heavy atom. The lowest BCUT2D eigenvalue weighted by atomic mass is 9.99. The Hall–Kier alpha value is -3.30. The minimum absolute atomic E-state index is 0.0155. The van der Waals surface area contributed by atoms with E-state index in [1.54, 1.807) is 24.3 Å². The maximum absolute atomic E-state index is 13.2. The van der Waals surface area contributed by atoms with Gasteiger partial charge in [-0.25, -0.2) is 17.2 Å². The predicted octanol–water partition coefficient (Wildman–Crippen LogP) is 4.26. The van der Waals surface area contributed by atoms with Crippen molar-refractivity contribution >= 4 is 15.9 Å². The quantitative estimate of drug-likeness (QED) is 0.502. The summed E-state index contributed by atoms with van der Waals surface area (Å²) in [6, 6.07) is 18.1. The minimum Gasteiger partial charge on any atom is -0.489 e. The average Bonchev–Trinajstić information content (AvgIpc) is 2.88. The summed E-state index contributed by atoms with van der Waals surface area (Å²) in [4.78, 5) is 12.8. The van der Waals surface area contributed by atoms with Gasteiger partial charge in [0.15, 0.2) is 0 Å². The highest BCUT2D eigenvalue weighted by Crippen LogP contribution is 2.24. The van der Waals surface area contributed by atoms with Gasteiger partial charge in [0.25, 0.3) is 0 Å². The molecule has 1 saturated heterocycles. The van der Waals surface area contributed by atoms with Crippen molar-refractivity contribution in [3.63, 3.8) is 0 Å². The summed E-state index contributed by atoms with van der Waals surface area (Å²) in [7, 11) is -3.79. The first-order valence-corrected chi connectivity index (χ1v) is 12.7. The molecule has 0 spiro atoms. The molecule has 1 heterocycles. The number of nitrogens with one attached hydrogen (secondary N) is 1. The van der Waals surface area contributed by atoms with Crippen LogP contribution in [0.2, 0.25) is 0 Å². The molecule has 1 atom stereocenters. The number of carbonyl (C=O) groups excluding carboxylic acids is 1. The Labute approximate surface area is 203 Å². The standard InChI is InChI=1S/C26H26F2N2O4S/c27-22-7-3-20(4-8-22)18-34-24-11-5-19(6-12-24)16-29-26(31)21-2-1-15-30(17-21)35(32,33)25-13-9-23(28)10-14-25/h3-14,21H,1-2,15-18H2,(H,29,31). The zero-order valence-electron chi connectivity index (χ0n) is 19.0. The first-order valence-electron chi connectivity index (χ1n) is 11.3. The van der Waals surface area contributed by atoms with Crippen LogP contribution in [0.3, 0.4) is 0 Å². The van der Waals surface area contributed by atoms with E-state index in [0.717, 1.165) is 23.3 Å². The molecule has 0 radical (unpaired) electrons. The van der Waals surface area contributed by atoms with Crippen LogP contribution in [0.1, 0.15) is 24.0 Å². The summed E-state index contributed by atoms with van der Waals surface area (Å²) >= 11 is 0. The molecule has 4 rings (SSSR count). The summed E-state index contributed by atoms with van der Waals surface area (Å²) in [6.45, 7) is 1.03. The second-order valence-electron chi connectivity index (χ2n) is 8.43. The van der Waals surface area contributed by atoms with E-state index in [1.165, 1.54) is 28.6 Å². The van der Waals surface area contributed by atoms with Crippen molar-refractivity contribution in [3.05, 3.63) is 95.6 Å². The zero-order valence-corrected chi connectivity index (χ0v) is 19.8. The molecule has 0 aliphatic carbocycles. The molecule has 9 heteroatoms. The number of nitrogens with zero attached hydrogens (tertiary/aromatic N) is 1. The van der Waals surface area contributed by atoms with Gasteiger partial charge in [-0.1, -0.05) is 24.3 Å². The number of amides is 1. The van der Waals surface area contributed by atoms with E-state index in [4.69, 9.17) is 4.74 Å². The lowest BCUT2D eigenvalue weighted by Gasteiger charge is -2.31. The number of benzene rings is 3. The maximum atomic E-state index is 13.2. The first-order chi connectivity index (χ1) is 16.8. The van der Waals surface area contributed by atoms with Gasteiger partial charge < -0.3 is 10.1 Å². The highest BCUT2D eigenvalue weighted by Gasteiger charge is 2.33. The van der Waals surface area contributed by atoms with Gasteiger partial charge in [-0.2, -0.15) is 4.31 Å². The lowest BCUT2D eigenvalue weighted by molar-refractivity contribution is -0.126. The predicted molar refractivity (Wildman–Crippen MR) is 127 cm³/mol. The minimum atomic E-state index is -3.79. The Morgan fingerprint density at radius 1 is 0.914 bits per heavy atom. The number of carbonyl (C=O) groups is 1. The molecule has 0 bridgehead atoms. The third kappa shape index (κ3) is 6.43. The molecule has 1 fully saturated rings. The van der Waals surface area contributed by atoms with Gasteiger partial charge in [0.05, 0.1) is 10.8 Å². The molecule has 6 nitrogen and oxygen atoms in total. The Kier molecular flexibility index (Phi) is 7.77. The van der Waals surface area contributed by atoms with Gasteiger partial charge in [-0.15, -0.1) is 0 Å². The second-order valence-corrected chi connectivity index (χ2v) is 10.4. The number of rotatable bonds is 8. The summed E-state index contributed by atoms with van der Waals surface area (Å²) in [6.07, 6.45) is 1.16. The normalized spacial score (nSPS) is 16.6. The summed E-state index contributed by atoms with van der Waals surface area (Å²) in [5.74, 6) is -0.820. The molecular weight excluding hydrogens is 474 g/mol. The van der Waals surface area contributed by atoms with Crippen LogP contribution >= 0.6 is 0 Å². The molecular formula is C26H26F2N2O4S. The van der Waals surface area contributed by atoms with Gasteiger partial charge in [-0.05, 0) is 72.5 Å². The van der Waals surface area contributed by atoms with Gasteiger partial charge in [0.2, 0.25) is 15.9 Å². The summed E-state index contributed by atoms with van der Waals surface area (Å²) in [5, 5.41) is 2.88. The van der Waals surface area contributed by atoms with Gasteiger partial charge >= 0.3 is 0 Å². The van der Waals surface area contributed by atoms with Crippen LogP contribution in [-0.4, -0.2) is 31.7 Å². The van der Waals surface area contributed by atoms with Crippen LogP contribution in [0.4, 0.5) is 8.78 Å². The van der Waals surface area contributed by atoms with Crippen molar-refractivity contribution in [3.8, 4) is 5.75 Å². The lowest BCUT2D eigenvalue weighted by Crippen LogP contribution is -2.45. The molecule has 1 aliphatic heterocycles. The zero-order chi connectivity index (χ0) is 24.8. The second kappa shape index (κ2) is 11.0. The molecule has 0 saturated carbocycles. The SMILES string of the molecule is O=C(NCc1ccc(OCc2ccc(F)cc2)cc1)C1CCCN(S(=O)(=O)c2ccc(F)cc2)C1. The summed E-state index contributed by atoms with van der Waals surface area (Å²) in [5.41, 5.74) is 1.73. The topological polar surface area (TPSA) is 75.7 Å². The van der Waals surface area contributed by atoms with E-state index in [-0.39, 0.29) is 23.2 Å². The van der Waals surface area contributed by atoms with Gasteiger partial charge in [-0.3, -0.25) is 4.79 Å². The van der Waals surface area contributed by atoms with Crippen LogP contribution in [-0.2, 0) is 28.0 Å². The van der Waals surface area contributed by atoms with Crippen LogP contribution in [0.5, 0.6) is 5.75 Å². The number of hydrogen-bond donors (Lipinski definition) is 1. The number of ether oxygens (including phenoxy) is 1. The monoisotopic (exact) mass is 500 g/mol. The van der Waals surface area contributed by atoms with Crippen molar-refractivity contribution in [2.75, 3.05) is 13.1 Å². The molecule has 0 aromatic heterocycles. The van der Waals surface area contributed by atoms with Crippen molar-refractivity contribution in [1.82, 2.24) is 9.62 Å². The average molecular weight is 501 g/mol. The molecule has 1 unspecified atom stereocenters. The van der Waals surface area contributed by atoms with Crippen molar-refractivity contribution in [2.45, 2.75) is 30.9 Å². The molecule has 1 N–H and O–H groups in total. The number of hydrogen-bond acceptors (Lipinski definition) is 4. The molecule has 1 amide bonds. The van der Waals surface area contributed by atoms with Crippen LogP contribution in [0.25, 0.3) is 0 Å². The number of halogens is 2. The fourth-order valence-corrected chi connectivity index (χ4v) is 5.44. The largest absolute Gasteiger partial charge is 0.489 e. The Bertz CT molecular complexity index is 1250. The van der Waals surface area contributed by atoms with E-state index in [2.05, 4.69) is 5.32 Å². The van der Waals surface area contributed by atoms with Crippen LogP contribution < -0.4 is 10.1 Å². The van der Waals surface area contributed by atoms with Crippen molar-refractivity contribution in [1.29, 1.82) is 0 Å². The Morgan fingerprint density at radius 3 is 2.17 bits per heavy atom. The van der Waals surface area contributed by atoms with E-state index in [9.17, 15) is 22.0 Å². The smallest absolute Gasteiger partial charge is 0.243 e. The third-order valence-electron chi connectivity index (χ3n) is 5.92. The van der Waals surface area contributed by atoms with Crippen LogP contribution in [0, 0.1) is 17.6 Å². The van der Waals surface area contributed by atoms with E-state index in [1.807, 2.05) is 12.1 Å². The van der Waals surface area contributed by atoms with Gasteiger partial charge in [0.1, 0.15) is 24.0 Å². The number of sulfonamides is 1. The molecule has 1 aliphatic rings. The maximum Gasteiger partial charge on any atom is 0.243 e. The molecule has 3 aromatic carbocycles. The first kappa shape index (κ1) is 24.8. The van der Waals surface area contributed by atoms with E-state index >= 15 is 0 Å². The molecule has 35 heavy (non-hydrogen) atoms. The molecule has 3 aromatic rings. The number of piperidine rings is 1. The van der Waals surface area contributed by atoms with Crippen molar-refractivity contribution in [2.24, 2.45) is 5.92 Å².